The highest BCUT2D eigenvalue weighted by Crippen LogP contribution is 2.36. The van der Waals surface area contributed by atoms with E-state index in [1.807, 2.05) is 6.92 Å². The minimum atomic E-state index is -0.0404. The van der Waals surface area contributed by atoms with Crippen LogP contribution in [-0.2, 0) is 4.79 Å². The van der Waals surface area contributed by atoms with Crippen LogP contribution in [0, 0.1) is 0 Å². The molecule has 7 nitrogen and oxygen atoms in total. The zero-order chi connectivity index (χ0) is 19.4. The third kappa shape index (κ3) is 4.59. The summed E-state index contributed by atoms with van der Waals surface area (Å²) < 4.78 is 11.1. The molecule has 9 heteroatoms. The number of carbonyl (C=O) groups is 2. The molecule has 1 aliphatic rings. The summed E-state index contributed by atoms with van der Waals surface area (Å²) in [7, 11) is 3.09. The van der Waals surface area contributed by atoms with Gasteiger partial charge in [-0.3, -0.25) is 14.5 Å². The maximum atomic E-state index is 12.5. The largest absolute Gasteiger partial charge is 0.493 e. The number of hydrogen-bond donors (Lipinski definition) is 0. The van der Waals surface area contributed by atoms with Gasteiger partial charge in [-0.2, -0.15) is 0 Å². The van der Waals surface area contributed by atoms with Crippen LogP contribution in [0.2, 0.25) is 0 Å². The molecular formula is C18H21N3O4S2. The van der Waals surface area contributed by atoms with Crippen molar-refractivity contribution in [2.24, 2.45) is 0 Å². The number of thioether (sulfide) groups is 1. The number of nitrogens with zero attached hydrogens (tertiary/aromatic N) is 3. The van der Waals surface area contributed by atoms with E-state index in [9.17, 15) is 9.59 Å². The van der Waals surface area contributed by atoms with Gasteiger partial charge < -0.3 is 9.47 Å². The predicted molar refractivity (Wildman–Crippen MR) is 105 cm³/mol. The van der Waals surface area contributed by atoms with Gasteiger partial charge in [-0.25, -0.2) is 0 Å². The van der Waals surface area contributed by atoms with Gasteiger partial charge in [0.2, 0.25) is 11.0 Å². The Morgan fingerprint density at radius 1 is 1.22 bits per heavy atom. The van der Waals surface area contributed by atoms with Gasteiger partial charge in [-0.1, -0.05) is 30.0 Å². The normalized spacial score (nSPS) is 13.3. The van der Waals surface area contributed by atoms with Gasteiger partial charge >= 0.3 is 0 Å². The maximum Gasteiger partial charge on any atom is 0.228 e. The molecule has 1 fully saturated rings. The summed E-state index contributed by atoms with van der Waals surface area (Å²) in [4.78, 5) is 26.4. The Morgan fingerprint density at radius 2 is 1.96 bits per heavy atom. The van der Waals surface area contributed by atoms with E-state index in [0.717, 1.165) is 12.8 Å². The molecule has 0 spiro atoms. The third-order valence-electron chi connectivity index (χ3n) is 4.12. The fourth-order valence-electron chi connectivity index (χ4n) is 2.55. The van der Waals surface area contributed by atoms with Gasteiger partial charge in [0.05, 0.1) is 20.0 Å². The Hall–Kier alpha value is -2.13. The molecule has 1 heterocycles. The van der Waals surface area contributed by atoms with Crippen molar-refractivity contribution in [1.29, 1.82) is 0 Å². The summed E-state index contributed by atoms with van der Waals surface area (Å²) in [5.41, 5.74) is 0.547. The van der Waals surface area contributed by atoms with Gasteiger partial charge in [0.25, 0.3) is 0 Å². The van der Waals surface area contributed by atoms with Crippen molar-refractivity contribution in [3.05, 3.63) is 23.8 Å². The Labute approximate surface area is 166 Å². The summed E-state index contributed by atoms with van der Waals surface area (Å²) in [5.74, 6) is 1.35. The Balaban J connectivity index is 1.64. The second-order valence-electron chi connectivity index (χ2n) is 5.98. The lowest BCUT2D eigenvalue weighted by atomic mass is 10.1. The summed E-state index contributed by atoms with van der Waals surface area (Å²) in [5, 5.41) is 8.90. The van der Waals surface area contributed by atoms with Crippen molar-refractivity contribution in [3.8, 4) is 11.5 Å². The summed E-state index contributed by atoms with van der Waals surface area (Å²) in [6.45, 7) is 1.84. The number of benzene rings is 1. The number of hydrogen-bond acceptors (Lipinski definition) is 8. The molecule has 0 bridgehead atoms. The van der Waals surface area contributed by atoms with Crippen molar-refractivity contribution < 1.29 is 19.1 Å². The molecule has 0 N–H and O–H groups in total. The molecule has 0 saturated heterocycles. The lowest BCUT2D eigenvalue weighted by Crippen LogP contribution is -2.32. The van der Waals surface area contributed by atoms with Crippen molar-refractivity contribution in [2.45, 2.75) is 36.6 Å². The van der Waals surface area contributed by atoms with E-state index < -0.39 is 0 Å². The number of methoxy groups -OCH3 is 2. The average molecular weight is 408 g/mol. The maximum absolute atomic E-state index is 12.5. The number of amides is 1. The van der Waals surface area contributed by atoms with Crippen LogP contribution in [0.5, 0.6) is 11.5 Å². The van der Waals surface area contributed by atoms with Crippen molar-refractivity contribution >= 4 is 39.9 Å². The topological polar surface area (TPSA) is 81.6 Å². The number of Topliss-reactive ketones (excluding diaryl/α,β-unsaturated/α-hetero) is 1. The molecule has 144 valence electrons. The molecular weight excluding hydrogens is 386 g/mol. The molecule has 0 unspecified atom stereocenters. The molecule has 0 radical (unpaired) electrons. The first-order chi connectivity index (χ1) is 13.1. The van der Waals surface area contributed by atoms with Gasteiger partial charge in [-0.15, -0.1) is 10.2 Å². The highest BCUT2D eigenvalue weighted by atomic mass is 32.2. The molecule has 3 rings (SSSR count). The molecule has 1 aromatic heterocycles. The number of ketones is 1. The fraction of sp³-hybridized carbons (Fsp3) is 0.444. The number of ether oxygens (including phenoxy) is 2. The van der Waals surface area contributed by atoms with E-state index in [1.165, 1.54) is 30.2 Å². The average Bonchev–Trinajstić information content (AvgIpc) is 3.42. The number of carbonyl (C=O) groups excluding carboxylic acids is 2. The van der Waals surface area contributed by atoms with Crippen LogP contribution in [0.1, 0.15) is 36.5 Å². The number of rotatable bonds is 9. The zero-order valence-corrected chi connectivity index (χ0v) is 17.1. The van der Waals surface area contributed by atoms with Crippen LogP contribution >= 0.6 is 23.1 Å². The first-order valence-electron chi connectivity index (χ1n) is 8.61. The molecule has 0 atom stereocenters. The van der Waals surface area contributed by atoms with Crippen molar-refractivity contribution in [2.75, 3.05) is 24.9 Å². The third-order valence-corrected chi connectivity index (χ3v) is 6.17. The Morgan fingerprint density at radius 3 is 2.59 bits per heavy atom. The molecule has 2 aromatic rings. The van der Waals surface area contributed by atoms with Crippen LogP contribution < -0.4 is 14.4 Å². The Bertz CT molecular complexity index is 836. The lowest BCUT2D eigenvalue weighted by molar-refractivity contribution is -0.118. The van der Waals surface area contributed by atoms with Gasteiger partial charge in [0, 0.05) is 18.0 Å². The van der Waals surface area contributed by atoms with Crippen LogP contribution in [0.15, 0.2) is 22.5 Å². The number of anilines is 1. The van der Waals surface area contributed by atoms with Crippen molar-refractivity contribution in [3.63, 3.8) is 0 Å². The summed E-state index contributed by atoms with van der Waals surface area (Å²) in [6, 6.07) is 5.34. The summed E-state index contributed by atoms with van der Waals surface area (Å²) in [6.07, 6.45) is 2.45. The minimum absolute atomic E-state index is 0.0404. The smallest absolute Gasteiger partial charge is 0.228 e. The number of aromatic nitrogens is 2. The van der Waals surface area contributed by atoms with E-state index in [4.69, 9.17) is 9.47 Å². The van der Waals surface area contributed by atoms with Crippen LogP contribution in [0.25, 0.3) is 0 Å². The Kier molecular flexibility index (Phi) is 6.33. The van der Waals surface area contributed by atoms with Gasteiger partial charge in [0.1, 0.15) is 0 Å². The predicted octanol–water partition coefficient (Wildman–Crippen LogP) is 3.44. The monoisotopic (exact) mass is 407 g/mol. The molecule has 0 aliphatic heterocycles. The molecule has 1 aromatic carbocycles. The minimum Gasteiger partial charge on any atom is -0.493 e. The standard InChI is InChI=1S/C18H21N3O4S2/c1-4-16(23)21(12-6-7-12)17-19-20-18(27-17)26-10-13(22)11-5-8-14(24-2)15(9-11)25-3/h5,8-9,12H,4,6-7,10H2,1-3H3. The summed E-state index contributed by atoms with van der Waals surface area (Å²) >= 11 is 2.67. The van der Waals surface area contributed by atoms with E-state index in [2.05, 4.69) is 10.2 Å². The second-order valence-corrected chi connectivity index (χ2v) is 8.16. The lowest BCUT2D eigenvalue weighted by Gasteiger charge is -2.17. The first kappa shape index (κ1) is 19.6. The highest BCUT2D eigenvalue weighted by molar-refractivity contribution is 8.01. The zero-order valence-electron chi connectivity index (χ0n) is 15.4. The van der Waals surface area contributed by atoms with E-state index in [1.54, 1.807) is 30.2 Å². The van der Waals surface area contributed by atoms with Gasteiger partial charge in [0.15, 0.2) is 21.6 Å². The quantitative estimate of drug-likeness (QED) is 0.358. The fourth-order valence-corrected chi connectivity index (χ4v) is 4.37. The van der Waals surface area contributed by atoms with Crippen LogP contribution in [0.3, 0.4) is 0 Å². The first-order valence-corrected chi connectivity index (χ1v) is 10.4. The van der Waals surface area contributed by atoms with Gasteiger partial charge in [-0.05, 0) is 31.0 Å². The van der Waals surface area contributed by atoms with Crippen LogP contribution in [0.4, 0.5) is 5.13 Å². The SMILES string of the molecule is CCC(=O)N(c1nnc(SCC(=O)c2ccc(OC)c(OC)c2)s1)C1CC1. The van der Waals surface area contributed by atoms with E-state index in [-0.39, 0.29) is 23.5 Å². The molecule has 1 saturated carbocycles. The molecule has 1 amide bonds. The van der Waals surface area contributed by atoms with E-state index >= 15 is 0 Å². The highest BCUT2D eigenvalue weighted by Gasteiger charge is 2.35. The molecule has 1 aliphatic carbocycles. The molecule has 27 heavy (non-hydrogen) atoms. The second kappa shape index (κ2) is 8.71. The van der Waals surface area contributed by atoms with Crippen LogP contribution in [-0.4, -0.2) is 47.9 Å². The van der Waals surface area contributed by atoms with E-state index in [0.29, 0.717) is 33.0 Å². The van der Waals surface area contributed by atoms with Crippen molar-refractivity contribution in [1.82, 2.24) is 10.2 Å².